The van der Waals surface area contributed by atoms with Crippen LogP contribution in [0.5, 0.6) is 0 Å². The molecule has 0 aliphatic rings. The summed E-state index contributed by atoms with van der Waals surface area (Å²) in [4.78, 5) is 11.9. The summed E-state index contributed by atoms with van der Waals surface area (Å²) in [5.41, 5.74) is 0. The van der Waals surface area contributed by atoms with Crippen LogP contribution in [0.1, 0.15) is 13.8 Å². The van der Waals surface area contributed by atoms with Crippen LogP contribution in [0.25, 0.3) is 0 Å². The Labute approximate surface area is 55.3 Å². The van der Waals surface area contributed by atoms with E-state index in [0.717, 1.165) is 13.1 Å². The fraction of sp³-hybridized carbons (Fsp3) is 0.833. The van der Waals surface area contributed by atoms with E-state index in [9.17, 15) is 4.79 Å². The maximum atomic E-state index is 10.1. The molecule has 0 aliphatic carbocycles. The molecule has 0 saturated carbocycles. The summed E-state index contributed by atoms with van der Waals surface area (Å²) < 4.78 is 0. The molecule has 0 unspecified atom stereocenters. The molecule has 0 rings (SSSR count). The Kier molecular flexibility index (Phi) is 6.26. The van der Waals surface area contributed by atoms with E-state index in [1.54, 1.807) is 0 Å². The van der Waals surface area contributed by atoms with Crippen molar-refractivity contribution < 1.29 is 9.90 Å². The fourth-order valence-electron chi connectivity index (χ4n) is 0.639. The Balaban J connectivity index is 0. The van der Waals surface area contributed by atoms with Gasteiger partial charge in [-0.1, -0.05) is 13.8 Å². The van der Waals surface area contributed by atoms with Crippen molar-refractivity contribution in [1.29, 1.82) is 0 Å². The summed E-state index contributed by atoms with van der Waals surface area (Å²) in [5, 5.41) is 8.30. The third-order valence-corrected chi connectivity index (χ3v) is 1.25. The molecule has 4 heteroatoms. The number of carboxylic acid groups (broad SMARTS) is 1. The van der Waals surface area contributed by atoms with Gasteiger partial charge < -0.3 is 5.11 Å². The minimum Gasteiger partial charge on any atom is -0.480 e. The van der Waals surface area contributed by atoms with Gasteiger partial charge in [-0.3, -0.25) is 9.69 Å². The van der Waals surface area contributed by atoms with Crippen molar-refractivity contribution in [2.75, 3.05) is 19.6 Å². The molecular weight excluding hydrogens is 385 g/mol. The maximum absolute atomic E-state index is 10.1. The largest absolute Gasteiger partial charge is 0.480 e. The summed E-state index contributed by atoms with van der Waals surface area (Å²) in [7, 11) is 0. The molecule has 0 bridgehead atoms. The number of likely N-dealkylation sites (N-methyl/N-ethyl adjacent to an activating group) is 1. The fourth-order valence-corrected chi connectivity index (χ4v) is 0.639. The van der Waals surface area contributed by atoms with E-state index in [4.69, 9.17) is 5.11 Å². The van der Waals surface area contributed by atoms with Crippen LogP contribution in [-0.2, 0) is 4.79 Å². The summed E-state index contributed by atoms with van der Waals surface area (Å²) >= 11 is 0. The Morgan fingerprint density at radius 2 is 1.80 bits per heavy atom. The molecule has 0 aromatic rings. The molecular formula is C6H13NO2Rf. The minimum atomic E-state index is -0.751. The number of aliphatic carboxylic acids is 1. The van der Waals surface area contributed by atoms with Crippen LogP contribution >= 0.6 is 0 Å². The zero-order chi connectivity index (χ0) is 7.28. The van der Waals surface area contributed by atoms with Gasteiger partial charge in [0.2, 0.25) is 0 Å². The van der Waals surface area contributed by atoms with Gasteiger partial charge in [-0.2, -0.15) is 0 Å². The monoisotopic (exact) mass is 398 g/mol. The van der Waals surface area contributed by atoms with Crippen LogP contribution < -0.4 is 0 Å². The van der Waals surface area contributed by atoms with E-state index in [0.29, 0.717) is 0 Å². The van der Waals surface area contributed by atoms with Crippen molar-refractivity contribution in [2.45, 2.75) is 13.8 Å². The summed E-state index contributed by atoms with van der Waals surface area (Å²) in [6.07, 6.45) is 0. The van der Waals surface area contributed by atoms with Crippen molar-refractivity contribution in [3.05, 3.63) is 0 Å². The average molecular weight is 398 g/mol. The van der Waals surface area contributed by atoms with Gasteiger partial charge in [-0.25, -0.2) is 0 Å². The van der Waals surface area contributed by atoms with Gasteiger partial charge in [0, 0.05) is 0 Å². The topological polar surface area (TPSA) is 40.5 Å². The van der Waals surface area contributed by atoms with Gasteiger partial charge in [-0.05, 0) is 13.1 Å². The molecule has 0 fully saturated rings. The van der Waals surface area contributed by atoms with Crippen LogP contribution in [-0.4, -0.2) is 35.6 Å². The maximum Gasteiger partial charge on any atom is 0.317 e. The number of rotatable bonds is 4. The Morgan fingerprint density at radius 3 is 1.90 bits per heavy atom. The molecule has 0 aliphatic heterocycles. The molecule has 0 aromatic heterocycles. The average Bonchev–Trinajstić information content (AvgIpc) is 1.82. The summed E-state index contributed by atoms with van der Waals surface area (Å²) in [6.45, 7) is 5.68. The predicted molar refractivity (Wildman–Crippen MR) is 35.4 cm³/mol. The molecule has 0 saturated heterocycles. The van der Waals surface area contributed by atoms with Crippen molar-refractivity contribution >= 4 is 5.97 Å². The van der Waals surface area contributed by atoms with Crippen LogP contribution in [0.3, 0.4) is 0 Å². The van der Waals surface area contributed by atoms with E-state index in [-0.39, 0.29) is 6.54 Å². The van der Waals surface area contributed by atoms with E-state index in [1.807, 2.05) is 18.7 Å². The number of hydrogen-bond acceptors (Lipinski definition) is 2. The molecule has 10 heavy (non-hydrogen) atoms. The van der Waals surface area contributed by atoms with Gasteiger partial charge >= 0.3 is 5.97 Å². The molecule has 56 valence electrons. The predicted octanol–water partition coefficient (Wildman–Crippen LogP) is 0.413. The first-order chi connectivity index (χ1) is 4.20. The standard InChI is InChI=1S/C6H13NO2.Rf/c1-3-7(4-2)5-6(8)9;/h3-5H2,1-2H3,(H,8,9);. The molecule has 0 spiro atoms. The second-order valence-corrected chi connectivity index (χ2v) is 1.86. The molecule has 0 heterocycles. The quantitative estimate of drug-likeness (QED) is 0.747. The molecule has 1 N–H and O–H groups in total. The normalized spacial score (nSPS) is 9.10. The Hall–Kier alpha value is -1.57. The van der Waals surface area contributed by atoms with Crippen molar-refractivity contribution in [2.24, 2.45) is 0 Å². The second-order valence-electron chi connectivity index (χ2n) is 1.86. The van der Waals surface area contributed by atoms with Crippen LogP contribution in [0, 0.1) is 0 Å². The first-order valence-electron chi connectivity index (χ1n) is 3.14. The third-order valence-electron chi connectivity index (χ3n) is 1.25. The first-order valence-corrected chi connectivity index (χ1v) is 3.14. The minimum absolute atomic E-state index is 0. The SMILES string of the molecule is CCN(CC)CC(=O)O.[Rf]. The summed E-state index contributed by atoms with van der Waals surface area (Å²) in [5.74, 6) is -0.751. The van der Waals surface area contributed by atoms with Crippen molar-refractivity contribution in [1.82, 2.24) is 4.90 Å². The van der Waals surface area contributed by atoms with Gasteiger partial charge in [-0.15, -0.1) is 0 Å². The molecule has 3 nitrogen and oxygen atoms in total. The van der Waals surface area contributed by atoms with Crippen LogP contribution in [0.4, 0.5) is 0 Å². The zero-order valence-electron chi connectivity index (χ0n) is 6.63. The number of nitrogens with zero attached hydrogens (tertiary/aromatic N) is 1. The van der Waals surface area contributed by atoms with E-state index < -0.39 is 5.97 Å². The number of carbonyl (C=O) groups is 1. The van der Waals surface area contributed by atoms with E-state index in [2.05, 4.69) is 0 Å². The summed E-state index contributed by atoms with van der Waals surface area (Å²) in [6, 6.07) is 0. The van der Waals surface area contributed by atoms with Gasteiger partial charge in [0.25, 0.3) is 0 Å². The number of carboxylic acids is 1. The molecule has 0 amide bonds. The van der Waals surface area contributed by atoms with Gasteiger partial charge in [0.05, 0.1) is 6.54 Å². The Morgan fingerprint density at radius 1 is 1.40 bits per heavy atom. The van der Waals surface area contributed by atoms with E-state index >= 15 is 0 Å². The van der Waals surface area contributed by atoms with Gasteiger partial charge in [0.1, 0.15) is 0 Å². The molecule has 0 radical (unpaired) electrons. The smallest absolute Gasteiger partial charge is 0.317 e. The van der Waals surface area contributed by atoms with Crippen molar-refractivity contribution in [3.8, 4) is 0 Å². The van der Waals surface area contributed by atoms with Gasteiger partial charge in [0.15, 0.2) is 0 Å². The van der Waals surface area contributed by atoms with E-state index in [1.165, 1.54) is 0 Å². The third kappa shape index (κ3) is 4.59. The second kappa shape index (κ2) is 5.56. The first kappa shape index (κ1) is 11.3. The van der Waals surface area contributed by atoms with Crippen LogP contribution in [0.15, 0.2) is 0 Å². The number of hydrogen-bond donors (Lipinski definition) is 1. The molecule has 0 atom stereocenters. The molecule has 0 aromatic carbocycles. The van der Waals surface area contributed by atoms with Crippen LogP contribution in [0.2, 0.25) is 0 Å². The Bertz CT molecular complexity index is 93.7. The zero-order valence-corrected chi connectivity index (χ0v) is 13.0. The van der Waals surface area contributed by atoms with Crippen molar-refractivity contribution in [3.63, 3.8) is 0 Å².